The average Bonchev–Trinajstić information content (AvgIpc) is 2.37. The van der Waals surface area contributed by atoms with Crippen molar-refractivity contribution in [1.29, 1.82) is 0 Å². The maximum absolute atomic E-state index is 13.6. The Hall–Kier alpha value is -1.19. The number of halogens is 2. The summed E-state index contributed by atoms with van der Waals surface area (Å²) in [6, 6.07) is 9.12. The first-order valence-corrected chi connectivity index (χ1v) is 7.43. The third-order valence-electron chi connectivity index (χ3n) is 3.58. The highest BCUT2D eigenvalue weighted by Crippen LogP contribution is 2.33. The van der Waals surface area contributed by atoms with Crippen LogP contribution in [0.25, 0.3) is 0 Å². The summed E-state index contributed by atoms with van der Waals surface area (Å²) in [6.45, 7) is 6.30. The van der Waals surface area contributed by atoms with Gasteiger partial charge in [-0.3, -0.25) is 0 Å². The number of hydrogen-bond acceptors (Lipinski definition) is 1. The van der Waals surface area contributed by atoms with Gasteiger partial charge in [0.05, 0.1) is 6.04 Å². The van der Waals surface area contributed by atoms with Gasteiger partial charge < -0.3 is 5.32 Å². The van der Waals surface area contributed by atoms with Crippen molar-refractivity contribution < 1.29 is 4.39 Å². The Bertz CT molecular complexity index is 614. The predicted molar refractivity (Wildman–Crippen MR) is 85.7 cm³/mol. The monoisotopic (exact) mass is 335 g/mol. The fourth-order valence-corrected chi connectivity index (χ4v) is 3.31. The molecule has 2 aromatic carbocycles. The third-order valence-corrected chi connectivity index (χ3v) is 4.31. The normalized spacial score (nSPS) is 12.5. The second kappa shape index (κ2) is 6.06. The van der Waals surface area contributed by atoms with Crippen LogP contribution in [0.15, 0.2) is 34.8 Å². The lowest BCUT2D eigenvalue weighted by Crippen LogP contribution is -2.20. The number of nitrogens with one attached hydrogen (secondary N) is 1. The second-order valence-corrected chi connectivity index (χ2v) is 6.05. The van der Waals surface area contributed by atoms with E-state index in [-0.39, 0.29) is 11.9 Å². The molecule has 0 bridgehead atoms. The lowest BCUT2D eigenvalue weighted by Gasteiger charge is -2.23. The quantitative estimate of drug-likeness (QED) is 0.847. The molecule has 0 aliphatic carbocycles. The van der Waals surface area contributed by atoms with E-state index in [0.717, 1.165) is 10.0 Å². The maximum atomic E-state index is 13.6. The molecule has 1 atom stereocenters. The molecule has 0 aromatic heterocycles. The predicted octanol–water partition coefficient (Wildman–Crippen LogP) is 4.82. The molecule has 2 rings (SSSR count). The molecule has 0 saturated carbocycles. The maximum Gasteiger partial charge on any atom is 0.123 e. The zero-order chi connectivity index (χ0) is 14.9. The molecule has 0 fully saturated rings. The van der Waals surface area contributed by atoms with Crippen molar-refractivity contribution in [3.8, 4) is 0 Å². The first kappa shape index (κ1) is 15.2. The molecule has 3 heteroatoms. The van der Waals surface area contributed by atoms with Gasteiger partial charge in [0.15, 0.2) is 0 Å². The van der Waals surface area contributed by atoms with E-state index in [1.54, 1.807) is 12.1 Å². The number of aryl methyl sites for hydroxylation is 3. The van der Waals surface area contributed by atoms with Gasteiger partial charge >= 0.3 is 0 Å². The average molecular weight is 336 g/mol. The van der Waals surface area contributed by atoms with E-state index in [1.807, 2.05) is 7.05 Å². The minimum atomic E-state index is -0.217. The Labute approximate surface area is 128 Å². The number of rotatable bonds is 3. The molecule has 106 valence electrons. The van der Waals surface area contributed by atoms with Gasteiger partial charge in [-0.25, -0.2) is 4.39 Å². The van der Waals surface area contributed by atoms with Crippen molar-refractivity contribution in [2.45, 2.75) is 26.8 Å². The van der Waals surface area contributed by atoms with Crippen LogP contribution in [0, 0.1) is 26.6 Å². The van der Waals surface area contributed by atoms with Gasteiger partial charge in [-0.05, 0) is 68.3 Å². The van der Waals surface area contributed by atoms with Crippen LogP contribution in [0.1, 0.15) is 33.9 Å². The molecule has 1 N–H and O–H groups in total. The Kier molecular flexibility index (Phi) is 4.61. The van der Waals surface area contributed by atoms with Gasteiger partial charge in [-0.15, -0.1) is 0 Å². The van der Waals surface area contributed by atoms with Crippen molar-refractivity contribution in [2.75, 3.05) is 7.05 Å². The first-order chi connectivity index (χ1) is 9.43. The lowest BCUT2D eigenvalue weighted by molar-refractivity contribution is 0.614. The standard InChI is InChI=1S/C17H19BrFN/c1-10-7-11(2)16(12(3)8-10)17(20-4)14-9-13(19)5-6-15(14)18/h5-9,17,20H,1-4H3. The lowest BCUT2D eigenvalue weighted by atomic mass is 9.90. The van der Waals surface area contributed by atoms with E-state index in [9.17, 15) is 4.39 Å². The number of hydrogen-bond donors (Lipinski definition) is 1. The van der Waals surface area contributed by atoms with Gasteiger partial charge in [0.2, 0.25) is 0 Å². The van der Waals surface area contributed by atoms with Crippen molar-refractivity contribution >= 4 is 15.9 Å². The van der Waals surface area contributed by atoms with Gasteiger partial charge in [0.1, 0.15) is 5.82 Å². The summed E-state index contributed by atoms with van der Waals surface area (Å²) < 4.78 is 14.5. The summed E-state index contributed by atoms with van der Waals surface area (Å²) in [7, 11) is 1.90. The molecular weight excluding hydrogens is 317 g/mol. The Morgan fingerprint density at radius 3 is 2.20 bits per heavy atom. The Morgan fingerprint density at radius 2 is 1.65 bits per heavy atom. The highest BCUT2D eigenvalue weighted by atomic mass is 79.9. The van der Waals surface area contributed by atoms with E-state index < -0.39 is 0 Å². The Balaban J connectivity index is 2.61. The molecule has 20 heavy (non-hydrogen) atoms. The topological polar surface area (TPSA) is 12.0 Å². The first-order valence-electron chi connectivity index (χ1n) is 6.64. The fourth-order valence-electron chi connectivity index (χ4n) is 2.84. The molecule has 0 amide bonds. The van der Waals surface area contributed by atoms with E-state index in [0.29, 0.717) is 0 Å². The summed E-state index contributed by atoms with van der Waals surface area (Å²) in [4.78, 5) is 0. The SMILES string of the molecule is CNC(c1cc(F)ccc1Br)c1c(C)cc(C)cc1C. The van der Waals surface area contributed by atoms with Crippen LogP contribution in [0.2, 0.25) is 0 Å². The van der Waals surface area contributed by atoms with Crippen molar-refractivity contribution in [3.63, 3.8) is 0 Å². The van der Waals surface area contributed by atoms with Crippen LogP contribution < -0.4 is 5.32 Å². The summed E-state index contributed by atoms with van der Waals surface area (Å²) in [6.07, 6.45) is 0. The molecule has 0 heterocycles. The van der Waals surface area contributed by atoms with Crippen molar-refractivity contribution in [2.24, 2.45) is 0 Å². The van der Waals surface area contributed by atoms with Crippen LogP contribution >= 0.6 is 15.9 Å². The highest BCUT2D eigenvalue weighted by molar-refractivity contribution is 9.10. The fraction of sp³-hybridized carbons (Fsp3) is 0.294. The molecule has 0 spiro atoms. The third kappa shape index (κ3) is 2.94. The molecule has 0 aliphatic heterocycles. The zero-order valence-corrected chi connectivity index (χ0v) is 13.8. The summed E-state index contributed by atoms with van der Waals surface area (Å²) in [5, 5.41) is 3.31. The van der Waals surface area contributed by atoms with Crippen molar-refractivity contribution in [3.05, 3.63) is 68.4 Å². The van der Waals surface area contributed by atoms with Gasteiger partial charge in [0.25, 0.3) is 0 Å². The van der Waals surface area contributed by atoms with Crippen LogP contribution in [0.5, 0.6) is 0 Å². The van der Waals surface area contributed by atoms with Crippen molar-refractivity contribution in [1.82, 2.24) is 5.32 Å². The minimum absolute atomic E-state index is 0.0272. The summed E-state index contributed by atoms with van der Waals surface area (Å²) >= 11 is 3.53. The summed E-state index contributed by atoms with van der Waals surface area (Å²) in [5.74, 6) is -0.217. The van der Waals surface area contributed by atoms with E-state index in [1.165, 1.54) is 28.3 Å². The van der Waals surface area contributed by atoms with Gasteiger partial charge in [0, 0.05) is 4.47 Å². The molecular formula is C17H19BrFN. The van der Waals surface area contributed by atoms with Gasteiger partial charge in [-0.2, -0.15) is 0 Å². The zero-order valence-electron chi connectivity index (χ0n) is 12.2. The summed E-state index contributed by atoms with van der Waals surface area (Å²) in [5.41, 5.74) is 5.82. The van der Waals surface area contributed by atoms with Crippen LogP contribution in [-0.4, -0.2) is 7.05 Å². The molecule has 0 radical (unpaired) electrons. The van der Waals surface area contributed by atoms with Crippen LogP contribution in [0.4, 0.5) is 4.39 Å². The largest absolute Gasteiger partial charge is 0.309 e. The molecule has 1 nitrogen and oxygen atoms in total. The molecule has 1 unspecified atom stereocenters. The molecule has 0 saturated heterocycles. The van der Waals surface area contributed by atoms with Crippen LogP contribution in [0.3, 0.4) is 0 Å². The smallest absolute Gasteiger partial charge is 0.123 e. The van der Waals surface area contributed by atoms with E-state index in [4.69, 9.17) is 0 Å². The minimum Gasteiger partial charge on any atom is -0.309 e. The van der Waals surface area contributed by atoms with Gasteiger partial charge in [-0.1, -0.05) is 33.6 Å². The van der Waals surface area contributed by atoms with E-state index >= 15 is 0 Å². The second-order valence-electron chi connectivity index (χ2n) is 5.20. The molecule has 2 aromatic rings. The molecule has 0 aliphatic rings. The Morgan fingerprint density at radius 1 is 1.05 bits per heavy atom. The van der Waals surface area contributed by atoms with E-state index in [2.05, 4.69) is 54.2 Å². The highest BCUT2D eigenvalue weighted by Gasteiger charge is 2.19. The number of benzene rings is 2. The van der Waals surface area contributed by atoms with Crippen LogP contribution in [-0.2, 0) is 0 Å².